The van der Waals surface area contributed by atoms with E-state index in [-0.39, 0.29) is 12.0 Å². The summed E-state index contributed by atoms with van der Waals surface area (Å²) in [7, 11) is 0. The van der Waals surface area contributed by atoms with Crippen molar-refractivity contribution in [2.45, 2.75) is 25.4 Å². The van der Waals surface area contributed by atoms with Crippen molar-refractivity contribution in [1.82, 2.24) is 0 Å². The van der Waals surface area contributed by atoms with E-state index in [1.165, 1.54) is 6.92 Å². The molecule has 0 aliphatic rings. The molecule has 0 saturated heterocycles. The molecular weight excluding hydrogens is 223 g/mol. The summed E-state index contributed by atoms with van der Waals surface area (Å²) in [6.45, 7) is 2.61. The van der Waals surface area contributed by atoms with Crippen LogP contribution in [0, 0.1) is 0 Å². The quantitative estimate of drug-likeness (QED) is 0.423. The highest BCUT2D eigenvalue weighted by Crippen LogP contribution is 2.35. The van der Waals surface area contributed by atoms with Gasteiger partial charge >= 0.3 is 18.1 Å². The van der Waals surface area contributed by atoms with Gasteiger partial charge < -0.3 is 4.74 Å². The lowest BCUT2D eigenvalue weighted by molar-refractivity contribution is -0.293. The number of ether oxygens (including phenoxy) is 1. The Balaban J connectivity index is 4.28. The molecule has 0 aromatic heterocycles. The minimum Gasteiger partial charge on any atom is -0.456 e. The van der Waals surface area contributed by atoms with Gasteiger partial charge in [-0.25, -0.2) is 4.79 Å². The minimum atomic E-state index is -5.72. The van der Waals surface area contributed by atoms with Gasteiger partial charge in [-0.1, -0.05) is 13.5 Å². The average Bonchev–Trinajstić information content (AvgIpc) is 2.11. The Labute approximate surface area is 82.7 Å². The number of rotatable bonds is 4. The van der Waals surface area contributed by atoms with E-state index < -0.39 is 24.7 Å². The highest BCUT2D eigenvalue weighted by molar-refractivity contribution is 5.87. The van der Waals surface area contributed by atoms with Gasteiger partial charge in [0.15, 0.2) is 6.61 Å². The fourth-order valence-electron chi connectivity index (χ4n) is 0.484. The van der Waals surface area contributed by atoms with E-state index in [9.17, 15) is 26.7 Å². The third-order valence-electron chi connectivity index (χ3n) is 1.51. The normalized spacial score (nSPS) is 12.4. The second kappa shape index (κ2) is 4.59. The molecule has 0 aliphatic carbocycles. The van der Waals surface area contributed by atoms with E-state index in [0.717, 1.165) is 0 Å². The molecule has 0 rings (SSSR count). The molecule has 0 amide bonds. The van der Waals surface area contributed by atoms with Gasteiger partial charge in [-0.2, -0.15) is 22.0 Å². The first-order valence-corrected chi connectivity index (χ1v) is 3.91. The number of carbonyl (C=O) groups is 1. The first-order valence-electron chi connectivity index (χ1n) is 3.91. The lowest BCUT2D eigenvalue weighted by Gasteiger charge is -2.19. The number of hydrogen-bond donors (Lipinski definition) is 0. The molecule has 0 atom stereocenters. The maximum absolute atomic E-state index is 12.2. The van der Waals surface area contributed by atoms with Crippen LogP contribution >= 0.6 is 0 Å². The Hall–Kier alpha value is -1.14. The van der Waals surface area contributed by atoms with E-state index in [4.69, 9.17) is 0 Å². The molecule has 15 heavy (non-hydrogen) atoms. The van der Waals surface area contributed by atoms with Crippen molar-refractivity contribution in [1.29, 1.82) is 0 Å². The predicted molar refractivity (Wildman–Crippen MR) is 41.4 cm³/mol. The van der Waals surface area contributed by atoms with Gasteiger partial charge in [0.1, 0.15) is 0 Å². The van der Waals surface area contributed by atoms with Crippen molar-refractivity contribution >= 4 is 5.97 Å². The second-order valence-electron chi connectivity index (χ2n) is 2.74. The molecule has 88 valence electrons. The van der Waals surface area contributed by atoms with E-state index in [1.807, 2.05) is 0 Å². The monoisotopic (exact) mass is 232 g/mol. The zero-order valence-electron chi connectivity index (χ0n) is 7.83. The molecular formula is C8H9F5O2. The molecule has 0 radical (unpaired) electrons. The number of hydrogen-bond acceptors (Lipinski definition) is 2. The lowest BCUT2D eigenvalue weighted by Crippen LogP contribution is -2.41. The molecule has 0 aromatic rings. The molecule has 7 heteroatoms. The second-order valence-corrected chi connectivity index (χ2v) is 2.74. The Bertz CT molecular complexity index is 256. The smallest absolute Gasteiger partial charge is 0.456 e. The van der Waals surface area contributed by atoms with Gasteiger partial charge in [0.2, 0.25) is 0 Å². The minimum absolute atomic E-state index is 0.121. The van der Waals surface area contributed by atoms with Crippen LogP contribution in [0.5, 0.6) is 0 Å². The summed E-state index contributed by atoms with van der Waals surface area (Å²) in [5.41, 5.74) is -0.159. The van der Waals surface area contributed by atoms with E-state index >= 15 is 0 Å². The lowest BCUT2D eigenvalue weighted by atomic mass is 10.2. The number of carbonyl (C=O) groups excluding carboxylic acids is 1. The van der Waals surface area contributed by atoms with Gasteiger partial charge in [0.05, 0.1) is 0 Å². The van der Waals surface area contributed by atoms with Crippen LogP contribution < -0.4 is 0 Å². The highest BCUT2D eigenvalue weighted by Gasteiger charge is 2.58. The third kappa shape index (κ3) is 3.85. The van der Waals surface area contributed by atoms with Crippen molar-refractivity contribution in [3.05, 3.63) is 12.2 Å². The van der Waals surface area contributed by atoms with Crippen molar-refractivity contribution in [2.75, 3.05) is 6.61 Å². The van der Waals surface area contributed by atoms with Crippen LogP contribution in [-0.2, 0) is 9.53 Å². The fraction of sp³-hybridized carbons (Fsp3) is 0.625. The van der Waals surface area contributed by atoms with Crippen LogP contribution in [0.25, 0.3) is 0 Å². The van der Waals surface area contributed by atoms with Crippen LogP contribution in [0.15, 0.2) is 12.2 Å². The molecule has 0 heterocycles. The first kappa shape index (κ1) is 13.9. The summed E-state index contributed by atoms with van der Waals surface area (Å²) in [6.07, 6.45) is -5.60. The van der Waals surface area contributed by atoms with Crippen molar-refractivity contribution in [3.8, 4) is 0 Å². The topological polar surface area (TPSA) is 26.3 Å². The Morgan fingerprint density at radius 3 is 2.07 bits per heavy atom. The van der Waals surface area contributed by atoms with E-state index in [0.29, 0.717) is 0 Å². The molecule has 0 saturated carbocycles. The molecule has 0 bridgehead atoms. The number of esters is 1. The Morgan fingerprint density at radius 2 is 1.73 bits per heavy atom. The number of halogens is 5. The summed E-state index contributed by atoms with van der Waals surface area (Å²) in [5.74, 6) is -6.28. The van der Waals surface area contributed by atoms with Gasteiger partial charge in [-0.05, 0) is 6.42 Å². The molecule has 0 unspecified atom stereocenters. The van der Waals surface area contributed by atoms with E-state index in [2.05, 4.69) is 11.3 Å². The summed E-state index contributed by atoms with van der Waals surface area (Å²) < 4.78 is 63.0. The van der Waals surface area contributed by atoms with Gasteiger partial charge in [-0.3, -0.25) is 0 Å². The zero-order chi connectivity index (χ0) is 12.3. The van der Waals surface area contributed by atoms with Crippen LogP contribution in [0.4, 0.5) is 22.0 Å². The van der Waals surface area contributed by atoms with Gasteiger partial charge in [0.25, 0.3) is 0 Å². The van der Waals surface area contributed by atoms with Crippen LogP contribution in [0.2, 0.25) is 0 Å². The average molecular weight is 232 g/mol. The van der Waals surface area contributed by atoms with Crippen molar-refractivity contribution in [3.63, 3.8) is 0 Å². The molecule has 0 fully saturated rings. The first-order chi connectivity index (χ1) is 6.62. The Kier molecular flexibility index (Phi) is 4.24. The zero-order valence-corrected chi connectivity index (χ0v) is 7.83. The summed E-state index contributed by atoms with van der Waals surface area (Å²) in [5, 5.41) is 0. The van der Waals surface area contributed by atoms with Crippen LogP contribution in [0.1, 0.15) is 13.3 Å². The molecule has 2 nitrogen and oxygen atoms in total. The highest BCUT2D eigenvalue weighted by atomic mass is 19.4. The maximum atomic E-state index is 12.2. The molecule has 0 aromatic carbocycles. The Morgan fingerprint density at radius 1 is 1.27 bits per heavy atom. The predicted octanol–water partition coefficient (Wildman–Crippen LogP) is 2.69. The SMILES string of the molecule is C=C(CC)C(=O)OCC(F)(F)C(F)(F)F. The van der Waals surface area contributed by atoms with Crippen LogP contribution in [0.3, 0.4) is 0 Å². The molecule has 0 spiro atoms. The summed E-state index contributed by atoms with van der Waals surface area (Å²) in [4.78, 5) is 10.7. The maximum Gasteiger partial charge on any atom is 0.456 e. The fourth-order valence-corrected chi connectivity index (χ4v) is 0.484. The number of alkyl halides is 5. The van der Waals surface area contributed by atoms with Crippen LogP contribution in [-0.4, -0.2) is 24.7 Å². The van der Waals surface area contributed by atoms with Gasteiger partial charge in [-0.15, -0.1) is 0 Å². The summed E-state index contributed by atoms with van der Waals surface area (Å²) in [6, 6.07) is 0. The third-order valence-corrected chi connectivity index (χ3v) is 1.51. The van der Waals surface area contributed by atoms with Crippen molar-refractivity contribution < 1.29 is 31.5 Å². The van der Waals surface area contributed by atoms with Crippen molar-refractivity contribution in [2.24, 2.45) is 0 Å². The standard InChI is InChI=1S/C8H9F5O2/c1-3-5(2)6(14)15-4-7(9,10)8(11,12)13/h2-4H2,1H3. The molecule has 0 N–H and O–H groups in total. The van der Waals surface area contributed by atoms with Gasteiger partial charge in [0, 0.05) is 5.57 Å². The summed E-state index contributed by atoms with van der Waals surface area (Å²) >= 11 is 0. The van der Waals surface area contributed by atoms with E-state index in [1.54, 1.807) is 0 Å². The molecule has 0 aliphatic heterocycles. The largest absolute Gasteiger partial charge is 0.456 e.